The van der Waals surface area contributed by atoms with Crippen LogP contribution in [0.25, 0.3) is 0 Å². The summed E-state index contributed by atoms with van der Waals surface area (Å²) < 4.78 is 38.0. The van der Waals surface area contributed by atoms with E-state index in [4.69, 9.17) is 9.47 Å². The van der Waals surface area contributed by atoms with Gasteiger partial charge in [-0.3, -0.25) is 4.31 Å². The third-order valence-corrected chi connectivity index (χ3v) is 5.88. The van der Waals surface area contributed by atoms with E-state index in [1.165, 1.54) is 17.5 Å². The highest BCUT2D eigenvalue weighted by Crippen LogP contribution is 2.31. The Morgan fingerprint density at radius 3 is 2.17 bits per heavy atom. The third kappa shape index (κ3) is 3.61. The number of nitrogens with zero attached hydrogens (tertiary/aromatic N) is 1. The van der Waals surface area contributed by atoms with Crippen molar-refractivity contribution in [3.63, 3.8) is 0 Å². The van der Waals surface area contributed by atoms with Crippen LogP contribution in [0.1, 0.15) is 6.92 Å². The highest BCUT2D eigenvalue weighted by Gasteiger charge is 2.24. The van der Waals surface area contributed by atoms with Crippen LogP contribution in [0.4, 0.5) is 5.69 Å². The molecule has 124 valence electrons. The van der Waals surface area contributed by atoms with Crippen molar-refractivity contribution in [3.05, 3.63) is 46.9 Å². The first-order valence-corrected chi connectivity index (χ1v) is 9.17. The maximum atomic E-state index is 12.9. The largest absolute Gasteiger partial charge is 0.497 e. The molecule has 0 aliphatic carbocycles. The lowest BCUT2D eigenvalue weighted by molar-refractivity contribution is 0.411. The molecule has 7 heteroatoms. The van der Waals surface area contributed by atoms with Gasteiger partial charge in [0.15, 0.2) is 0 Å². The second-order valence-corrected chi connectivity index (χ2v) is 7.38. The highest BCUT2D eigenvalue weighted by atomic mass is 79.9. The van der Waals surface area contributed by atoms with E-state index in [2.05, 4.69) is 15.9 Å². The molecule has 2 rings (SSSR count). The van der Waals surface area contributed by atoms with E-state index in [-0.39, 0.29) is 4.90 Å². The van der Waals surface area contributed by atoms with Gasteiger partial charge >= 0.3 is 0 Å². The summed E-state index contributed by atoms with van der Waals surface area (Å²) >= 11 is 3.32. The second kappa shape index (κ2) is 7.23. The van der Waals surface area contributed by atoms with Crippen molar-refractivity contribution in [3.8, 4) is 11.5 Å². The van der Waals surface area contributed by atoms with Gasteiger partial charge in [0.1, 0.15) is 11.5 Å². The first kappa shape index (κ1) is 17.6. The Morgan fingerprint density at radius 2 is 1.70 bits per heavy atom. The molecule has 5 nitrogen and oxygen atoms in total. The fourth-order valence-corrected chi connectivity index (χ4v) is 4.37. The summed E-state index contributed by atoms with van der Waals surface area (Å²) in [5.74, 6) is 1.26. The fraction of sp³-hybridized carbons (Fsp3) is 0.250. The molecule has 2 aromatic rings. The molecule has 0 N–H and O–H groups in total. The van der Waals surface area contributed by atoms with Gasteiger partial charge in [0.05, 0.1) is 29.3 Å². The van der Waals surface area contributed by atoms with E-state index in [1.807, 2.05) is 0 Å². The molecule has 0 amide bonds. The summed E-state index contributed by atoms with van der Waals surface area (Å²) in [6.07, 6.45) is 0. The van der Waals surface area contributed by atoms with E-state index in [0.29, 0.717) is 28.2 Å². The highest BCUT2D eigenvalue weighted by molar-refractivity contribution is 9.10. The molecular formula is C16H18BrNO4S. The van der Waals surface area contributed by atoms with Gasteiger partial charge in [-0.2, -0.15) is 0 Å². The molecule has 23 heavy (non-hydrogen) atoms. The normalized spacial score (nSPS) is 11.1. The summed E-state index contributed by atoms with van der Waals surface area (Å²) in [5, 5.41) is 0. The van der Waals surface area contributed by atoms with Crippen LogP contribution in [-0.2, 0) is 10.0 Å². The van der Waals surface area contributed by atoms with E-state index >= 15 is 0 Å². The van der Waals surface area contributed by atoms with Gasteiger partial charge < -0.3 is 9.47 Å². The van der Waals surface area contributed by atoms with Crippen LogP contribution in [0.3, 0.4) is 0 Å². The monoisotopic (exact) mass is 399 g/mol. The summed E-state index contributed by atoms with van der Waals surface area (Å²) in [7, 11) is -0.565. The quantitative estimate of drug-likeness (QED) is 0.743. The van der Waals surface area contributed by atoms with E-state index < -0.39 is 10.0 Å². The molecule has 0 spiro atoms. The van der Waals surface area contributed by atoms with Gasteiger partial charge in [-0.15, -0.1) is 0 Å². The number of halogens is 1. The molecule has 0 unspecified atom stereocenters. The van der Waals surface area contributed by atoms with Crippen LogP contribution in [0.5, 0.6) is 11.5 Å². The first-order valence-electron chi connectivity index (χ1n) is 6.94. The standard InChI is InChI=1S/C16H18BrNO4S/c1-4-18(12-5-7-13(21-2)8-6-12)23(19,20)14-9-10-16(22-3)15(17)11-14/h5-11H,4H2,1-3H3. The first-order chi connectivity index (χ1) is 10.9. The summed E-state index contributed by atoms with van der Waals surface area (Å²) in [5.41, 5.74) is 0.584. The van der Waals surface area contributed by atoms with Crippen molar-refractivity contribution in [1.29, 1.82) is 0 Å². The molecule has 0 radical (unpaired) electrons. The lowest BCUT2D eigenvalue weighted by Gasteiger charge is -2.23. The Labute approximate surface area is 145 Å². The molecule has 0 fully saturated rings. The van der Waals surface area contributed by atoms with Crippen molar-refractivity contribution < 1.29 is 17.9 Å². The van der Waals surface area contributed by atoms with Gasteiger partial charge in [0, 0.05) is 6.54 Å². The fourth-order valence-electron chi connectivity index (χ4n) is 2.17. The van der Waals surface area contributed by atoms with Crippen LogP contribution in [0.2, 0.25) is 0 Å². The topological polar surface area (TPSA) is 55.8 Å². The SMILES string of the molecule is CCN(c1ccc(OC)cc1)S(=O)(=O)c1ccc(OC)c(Br)c1. The Morgan fingerprint density at radius 1 is 1.04 bits per heavy atom. The zero-order valence-electron chi connectivity index (χ0n) is 13.1. The van der Waals surface area contributed by atoms with E-state index in [1.54, 1.807) is 50.4 Å². The second-order valence-electron chi connectivity index (χ2n) is 4.66. The predicted octanol–water partition coefficient (Wildman–Crippen LogP) is 3.68. The smallest absolute Gasteiger partial charge is 0.264 e. The van der Waals surface area contributed by atoms with Crippen LogP contribution in [0.15, 0.2) is 51.8 Å². The number of rotatable bonds is 6. The van der Waals surface area contributed by atoms with Gasteiger partial charge in [0.2, 0.25) is 0 Å². The Balaban J connectivity index is 2.43. The molecule has 0 aromatic heterocycles. The number of benzene rings is 2. The van der Waals surface area contributed by atoms with Crippen LogP contribution in [-0.4, -0.2) is 29.2 Å². The molecule has 0 aliphatic heterocycles. The lowest BCUT2D eigenvalue weighted by Crippen LogP contribution is -2.30. The molecule has 2 aromatic carbocycles. The van der Waals surface area contributed by atoms with Gasteiger partial charge in [-0.05, 0) is 65.3 Å². The molecule has 0 saturated carbocycles. The lowest BCUT2D eigenvalue weighted by atomic mass is 10.3. The van der Waals surface area contributed by atoms with Crippen molar-refractivity contribution in [2.24, 2.45) is 0 Å². The Hall–Kier alpha value is -1.73. The van der Waals surface area contributed by atoms with Crippen molar-refractivity contribution in [2.45, 2.75) is 11.8 Å². The van der Waals surface area contributed by atoms with Gasteiger partial charge in [0.25, 0.3) is 10.0 Å². The van der Waals surface area contributed by atoms with Gasteiger partial charge in [-0.25, -0.2) is 8.42 Å². The van der Waals surface area contributed by atoms with Crippen molar-refractivity contribution in [2.75, 3.05) is 25.1 Å². The van der Waals surface area contributed by atoms with Crippen molar-refractivity contribution in [1.82, 2.24) is 0 Å². The summed E-state index contributed by atoms with van der Waals surface area (Å²) in [4.78, 5) is 0.197. The molecular weight excluding hydrogens is 382 g/mol. The van der Waals surface area contributed by atoms with Crippen LogP contribution in [0, 0.1) is 0 Å². The number of anilines is 1. The molecule has 0 heterocycles. The Bertz CT molecular complexity index is 775. The number of methoxy groups -OCH3 is 2. The summed E-state index contributed by atoms with van der Waals surface area (Å²) in [6, 6.07) is 11.6. The maximum Gasteiger partial charge on any atom is 0.264 e. The van der Waals surface area contributed by atoms with Crippen molar-refractivity contribution >= 4 is 31.6 Å². The van der Waals surface area contributed by atoms with E-state index in [0.717, 1.165) is 0 Å². The number of ether oxygens (including phenoxy) is 2. The van der Waals surface area contributed by atoms with Crippen LogP contribution >= 0.6 is 15.9 Å². The van der Waals surface area contributed by atoms with E-state index in [9.17, 15) is 8.42 Å². The molecule has 0 aliphatic rings. The third-order valence-electron chi connectivity index (χ3n) is 3.36. The zero-order valence-corrected chi connectivity index (χ0v) is 15.5. The molecule has 0 atom stereocenters. The zero-order chi connectivity index (χ0) is 17.0. The summed E-state index contributed by atoms with van der Waals surface area (Å²) in [6.45, 7) is 2.11. The average molecular weight is 400 g/mol. The molecule has 0 saturated heterocycles. The molecule has 0 bridgehead atoms. The minimum atomic E-state index is -3.66. The van der Waals surface area contributed by atoms with Gasteiger partial charge in [-0.1, -0.05) is 0 Å². The maximum absolute atomic E-state index is 12.9. The number of hydrogen-bond donors (Lipinski definition) is 0. The van der Waals surface area contributed by atoms with Crippen LogP contribution < -0.4 is 13.8 Å². The predicted molar refractivity (Wildman–Crippen MR) is 93.9 cm³/mol. The number of sulfonamides is 1. The minimum absolute atomic E-state index is 0.197. The Kier molecular flexibility index (Phi) is 5.54. The number of hydrogen-bond acceptors (Lipinski definition) is 4. The average Bonchev–Trinajstić information content (AvgIpc) is 2.55. The minimum Gasteiger partial charge on any atom is -0.497 e.